The van der Waals surface area contributed by atoms with Crippen LogP contribution >= 0.6 is 0 Å². The fraction of sp³-hybridized carbons (Fsp3) is 0.850. The highest BCUT2D eigenvalue weighted by Gasteiger charge is 2.86. The lowest BCUT2D eigenvalue weighted by Gasteiger charge is -2.74. The number of ketones is 1. The molecule has 0 radical (unpaired) electrons. The van der Waals surface area contributed by atoms with E-state index >= 15 is 0 Å². The van der Waals surface area contributed by atoms with Gasteiger partial charge in [0.2, 0.25) is 5.79 Å². The Morgan fingerprint density at radius 3 is 2.50 bits per heavy atom. The van der Waals surface area contributed by atoms with Gasteiger partial charge in [0.15, 0.2) is 5.78 Å². The summed E-state index contributed by atoms with van der Waals surface area (Å²) in [4.78, 5) is 13.3. The molecule has 2 spiro atoms. The zero-order valence-electron chi connectivity index (χ0n) is 15.3. The summed E-state index contributed by atoms with van der Waals surface area (Å²) < 4.78 is 5.80. The predicted octanol–water partition coefficient (Wildman–Crippen LogP) is 0.376. The summed E-state index contributed by atoms with van der Waals surface area (Å²) in [6.45, 7) is 8.07. The highest BCUT2D eigenvalue weighted by atomic mass is 16.6. The maximum absolute atomic E-state index is 13.3. The van der Waals surface area contributed by atoms with Gasteiger partial charge in [0.1, 0.15) is 11.5 Å². The van der Waals surface area contributed by atoms with E-state index in [-0.39, 0.29) is 12.0 Å². The molecule has 9 atom stereocenters. The van der Waals surface area contributed by atoms with Crippen molar-refractivity contribution in [1.82, 2.24) is 0 Å². The van der Waals surface area contributed by atoms with E-state index in [1.807, 2.05) is 13.8 Å². The molecule has 6 aliphatic rings. The van der Waals surface area contributed by atoms with Crippen molar-refractivity contribution in [2.75, 3.05) is 6.61 Å². The lowest BCUT2D eigenvalue weighted by molar-refractivity contribution is -0.458. The zero-order chi connectivity index (χ0) is 18.9. The minimum atomic E-state index is -2.15. The van der Waals surface area contributed by atoms with E-state index in [0.29, 0.717) is 24.8 Å². The Morgan fingerprint density at radius 1 is 1.12 bits per heavy atom. The van der Waals surface area contributed by atoms with Gasteiger partial charge in [0.05, 0.1) is 18.8 Å². The zero-order valence-corrected chi connectivity index (χ0v) is 15.3. The van der Waals surface area contributed by atoms with Crippen molar-refractivity contribution < 1.29 is 30.0 Å². The third-order valence-electron chi connectivity index (χ3n) is 8.88. The molecule has 0 aromatic carbocycles. The molecule has 6 rings (SSSR count). The maximum Gasteiger partial charge on any atom is 0.208 e. The first kappa shape index (κ1) is 17.3. The molecule has 4 saturated carbocycles. The summed E-state index contributed by atoms with van der Waals surface area (Å²) in [5, 5.41) is 45.1. The third kappa shape index (κ3) is 1.41. The average Bonchev–Trinajstić information content (AvgIpc) is 2.69. The van der Waals surface area contributed by atoms with E-state index in [4.69, 9.17) is 4.74 Å². The van der Waals surface area contributed by atoms with Crippen molar-refractivity contribution >= 4 is 5.78 Å². The van der Waals surface area contributed by atoms with Crippen LogP contribution in [0.15, 0.2) is 12.2 Å². The van der Waals surface area contributed by atoms with Crippen LogP contribution in [0.4, 0.5) is 0 Å². The minimum Gasteiger partial charge on any atom is -0.392 e. The number of carbonyl (C=O) groups is 1. The maximum atomic E-state index is 13.3. The van der Waals surface area contributed by atoms with Gasteiger partial charge < -0.3 is 25.2 Å². The Bertz CT molecular complexity index is 717. The Labute approximate surface area is 152 Å². The summed E-state index contributed by atoms with van der Waals surface area (Å²) in [6.07, 6.45) is -0.747. The van der Waals surface area contributed by atoms with Gasteiger partial charge in [0.25, 0.3) is 0 Å². The predicted molar refractivity (Wildman–Crippen MR) is 90.7 cm³/mol. The number of aliphatic hydroxyl groups excluding tert-OH is 3. The molecule has 6 heteroatoms. The van der Waals surface area contributed by atoms with Gasteiger partial charge in [-0.3, -0.25) is 4.79 Å². The molecule has 6 nitrogen and oxygen atoms in total. The van der Waals surface area contributed by atoms with Crippen LogP contribution in [0.5, 0.6) is 0 Å². The number of fused-ring (bicyclic) bond motifs is 2. The Kier molecular flexibility index (Phi) is 3.07. The molecule has 4 N–H and O–H groups in total. The van der Waals surface area contributed by atoms with E-state index in [9.17, 15) is 25.2 Å². The number of carbonyl (C=O) groups excluding carboxylic acids is 1. The normalized spacial score (nSPS) is 59.9. The lowest BCUT2D eigenvalue weighted by atomic mass is 9.35. The first-order valence-electron chi connectivity index (χ1n) is 9.71. The molecule has 0 aromatic heterocycles. The number of hydrogen-bond donors (Lipinski definition) is 4. The van der Waals surface area contributed by atoms with Gasteiger partial charge in [0, 0.05) is 17.3 Å². The van der Waals surface area contributed by atoms with Crippen molar-refractivity contribution in [3.8, 4) is 0 Å². The SMILES string of the molecule is C=C1C(=O)[C@@]23C(CC[C@@H]1[C@H]2O)[C@@]12CO[C@]3(O)[C@@H](O)C1C(C)(C)CC[C@@H]2O. The number of ether oxygens (including phenoxy) is 1. The molecule has 2 unspecified atom stereocenters. The van der Waals surface area contributed by atoms with Gasteiger partial charge in [-0.1, -0.05) is 20.4 Å². The number of aliphatic hydroxyl groups is 4. The topological polar surface area (TPSA) is 107 Å². The first-order chi connectivity index (χ1) is 12.1. The minimum absolute atomic E-state index is 0.0966. The van der Waals surface area contributed by atoms with Gasteiger partial charge in [-0.05, 0) is 42.6 Å². The van der Waals surface area contributed by atoms with Crippen molar-refractivity contribution in [2.24, 2.45) is 34.0 Å². The molecule has 26 heavy (non-hydrogen) atoms. The van der Waals surface area contributed by atoms with Crippen LogP contribution in [0, 0.1) is 34.0 Å². The second kappa shape index (κ2) is 4.61. The van der Waals surface area contributed by atoms with E-state index in [1.54, 1.807) is 0 Å². The van der Waals surface area contributed by atoms with Gasteiger partial charge >= 0.3 is 0 Å². The summed E-state index contributed by atoms with van der Waals surface area (Å²) >= 11 is 0. The standard InChI is InChI=1S/C20H28O6/c1-9-10-4-5-11-18-8-26-20(25,19(11,14(9)22)15(10)23)16(24)13(18)17(2,3)7-6-12(18)21/h10-13,15-16,21,23-25H,1,4-8H2,2-3H3/t10-,11?,12-,13?,15+,16-,18+,19-,20+/m0/s1. The average molecular weight is 364 g/mol. The smallest absolute Gasteiger partial charge is 0.208 e. The molecule has 2 saturated heterocycles. The van der Waals surface area contributed by atoms with E-state index in [2.05, 4.69) is 6.58 Å². The van der Waals surface area contributed by atoms with Crippen LogP contribution in [0.25, 0.3) is 0 Å². The monoisotopic (exact) mass is 364 g/mol. The fourth-order valence-electron chi connectivity index (χ4n) is 7.90. The lowest BCUT2D eigenvalue weighted by Crippen LogP contribution is -2.85. The molecule has 2 aliphatic heterocycles. The molecule has 2 heterocycles. The molecular formula is C20H28O6. The van der Waals surface area contributed by atoms with Crippen molar-refractivity contribution in [3.05, 3.63) is 12.2 Å². The molecule has 4 bridgehead atoms. The molecular weight excluding hydrogens is 336 g/mol. The second-order valence-corrected chi connectivity index (χ2v) is 9.97. The second-order valence-electron chi connectivity index (χ2n) is 9.97. The number of rotatable bonds is 0. The molecule has 0 aromatic rings. The van der Waals surface area contributed by atoms with E-state index < -0.39 is 58.5 Å². The first-order valence-corrected chi connectivity index (χ1v) is 9.71. The van der Waals surface area contributed by atoms with Crippen LogP contribution in [-0.2, 0) is 9.53 Å². The van der Waals surface area contributed by atoms with Crippen LogP contribution in [0.1, 0.15) is 39.5 Å². The highest BCUT2D eigenvalue weighted by molar-refractivity contribution is 6.05. The largest absolute Gasteiger partial charge is 0.392 e. The molecule has 4 aliphatic carbocycles. The summed E-state index contributed by atoms with van der Waals surface area (Å²) in [7, 11) is 0. The summed E-state index contributed by atoms with van der Waals surface area (Å²) in [5.74, 6) is -3.80. The Morgan fingerprint density at radius 2 is 1.81 bits per heavy atom. The molecule has 6 fully saturated rings. The summed E-state index contributed by atoms with van der Waals surface area (Å²) in [5.41, 5.74) is -2.49. The van der Waals surface area contributed by atoms with Crippen LogP contribution in [0.3, 0.4) is 0 Å². The highest BCUT2D eigenvalue weighted by Crippen LogP contribution is 2.76. The molecule has 0 amide bonds. The van der Waals surface area contributed by atoms with E-state index in [0.717, 1.165) is 6.42 Å². The summed E-state index contributed by atoms with van der Waals surface area (Å²) in [6, 6.07) is 0. The number of Topliss-reactive ketones (excluding diaryl/α,β-unsaturated/α-hetero) is 1. The fourth-order valence-corrected chi connectivity index (χ4v) is 7.90. The Hall–Kier alpha value is -0.790. The van der Waals surface area contributed by atoms with Crippen LogP contribution in [-0.4, -0.2) is 56.9 Å². The van der Waals surface area contributed by atoms with E-state index in [1.165, 1.54) is 0 Å². The number of hydrogen-bond acceptors (Lipinski definition) is 6. The van der Waals surface area contributed by atoms with Crippen LogP contribution < -0.4 is 0 Å². The third-order valence-corrected chi connectivity index (χ3v) is 8.88. The van der Waals surface area contributed by atoms with Crippen molar-refractivity contribution in [2.45, 2.75) is 63.6 Å². The van der Waals surface area contributed by atoms with Gasteiger partial charge in [-0.15, -0.1) is 0 Å². The molecule has 144 valence electrons. The quantitative estimate of drug-likeness (QED) is 0.463. The van der Waals surface area contributed by atoms with Crippen molar-refractivity contribution in [1.29, 1.82) is 0 Å². The Balaban J connectivity index is 1.81. The van der Waals surface area contributed by atoms with Crippen LogP contribution in [0.2, 0.25) is 0 Å². The van der Waals surface area contributed by atoms with Crippen molar-refractivity contribution in [3.63, 3.8) is 0 Å². The van der Waals surface area contributed by atoms with Gasteiger partial charge in [-0.2, -0.15) is 0 Å². The van der Waals surface area contributed by atoms with Gasteiger partial charge in [-0.25, -0.2) is 0 Å².